The van der Waals surface area contributed by atoms with Crippen LogP contribution in [-0.2, 0) is 25.7 Å². The minimum absolute atomic E-state index is 0.207. The van der Waals surface area contributed by atoms with E-state index in [1.807, 2.05) is 17.5 Å². The maximum absolute atomic E-state index is 13.6. The lowest BCUT2D eigenvalue weighted by Crippen LogP contribution is -2.32. The van der Waals surface area contributed by atoms with Crippen LogP contribution in [0.2, 0.25) is 5.02 Å². The molecule has 1 fully saturated rings. The van der Waals surface area contributed by atoms with Crippen LogP contribution >= 0.6 is 46.0 Å². The van der Waals surface area contributed by atoms with Crippen LogP contribution in [0.1, 0.15) is 22.6 Å². The highest BCUT2D eigenvalue weighted by atomic mass is 35.5. The molecule has 1 aromatic carbocycles. The van der Waals surface area contributed by atoms with E-state index in [-0.39, 0.29) is 29.8 Å². The molecule has 0 aliphatic carbocycles. The predicted octanol–water partition coefficient (Wildman–Crippen LogP) is 3.98. The fourth-order valence-corrected chi connectivity index (χ4v) is 8.06. The lowest BCUT2D eigenvalue weighted by atomic mass is 9.87. The molecular weight excluding hydrogens is 504 g/mol. The molecule has 4 heterocycles. The first-order valence-electron chi connectivity index (χ1n) is 10.1. The molecule has 7 nitrogen and oxygen atoms in total. The summed E-state index contributed by atoms with van der Waals surface area (Å²) < 4.78 is 6.39. The van der Waals surface area contributed by atoms with Gasteiger partial charge in [0.1, 0.15) is 11.8 Å². The summed E-state index contributed by atoms with van der Waals surface area (Å²) in [6.07, 6.45) is 0. The van der Waals surface area contributed by atoms with Gasteiger partial charge in [-0.2, -0.15) is 0 Å². The number of amides is 2. The molecule has 33 heavy (non-hydrogen) atoms. The maximum Gasteiger partial charge on any atom is 0.326 e. The third-order valence-corrected chi connectivity index (χ3v) is 9.39. The fourth-order valence-electron chi connectivity index (χ4n) is 4.21. The van der Waals surface area contributed by atoms with Crippen LogP contribution in [0.3, 0.4) is 0 Å². The summed E-state index contributed by atoms with van der Waals surface area (Å²) >= 11 is 9.66. The number of carbonyl (C=O) groups excluding carboxylic acids is 3. The molecule has 0 N–H and O–H groups in total. The number of hydrogen-bond acceptors (Lipinski definition) is 8. The molecule has 11 heteroatoms. The van der Waals surface area contributed by atoms with Crippen molar-refractivity contribution in [1.82, 2.24) is 4.57 Å². The fraction of sp³-hybridized carbons (Fsp3) is 0.273. The molecule has 2 amide bonds. The second-order valence-electron chi connectivity index (χ2n) is 7.47. The number of fused-ring (bicyclic) bond motifs is 2. The Morgan fingerprint density at radius 2 is 1.88 bits per heavy atom. The first kappa shape index (κ1) is 22.4. The van der Waals surface area contributed by atoms with Crippen LogP contribution in [-0.4, -0.2) is 34.2 Å². The number of thioether (sulfide) groups is 1. The van der Waals surface area contributed by atoms with Crippen LogP contribution in [0.15, 0.2) is 51.6 Å². The quantitative estimate of drug-likeness (QED) is 0.373. The molecule has 1 saturated heterocycles. The van der Waals surface area contributed by atoms with E-state index in [1.165, 1.54) is 32.6 Å². The number of thiazole rings is 1. The Kier molecular flexibility index (Phi) is 5.94. The number of imide groups is 1. The lowest BCUT2D eigenvalue weighted by molar-refractivity contribution is -0.144. The second-order valence-corrected chi connectivity index (χ2v) is 11.0. The van der Waals surface area contributed by atoms with Gasteiger partial charge in [-0.05, 0) is 42.6 Å². The monoisotopic (exact) mass is 520 g/mol. The van der Waals surface area contributed by atoms with Crippen molar-refractivity contribution in [3.05, 3.63) is 66.2 Å². The molecule has 0 radical (unpaired) electrons. The number of rotatable bonds is 5. The Balaban J connectivity index is 1.61. The summed E-state index contributed by atoms with van der Waals surface area (Å²) in [5.41, 5.74) is 0.460. The van der Waals surface area contributed by atoms with Gasteiger partial charge in [0.25, 0.3) is 0 Å². The average Bonchev–Trinajstić information content (AvgIpc) is 3.48. The van der Waals surface area contributed by atoms with Crippen LogP contribution in [0.25, 0.3) is 0 Å². The molecule has 2 aliphatic rings. The lowest BCUT2D eigenvalue weighted by Gasteiger charge is -2.29. The van der Waals surface area contributed by atoms with Gasteiger partial charge in [0.05, 0.1) is 23.2 Å². The van der Waals surface area contributed by atoms with Gasteiger partial charge in [0.15, 0.2) is 0 Å². The third kappa shape index (κ3) is 3.74. The summed E-state index contributed by atoms with van der Waals surface area (Å²) in [6.45, 7) is 1.67. The van der Waals surface area contributed by atoms with Crippen molar-refractivity contribution in [3.63, 3.8) is 0 Å². The predicted molar refractivity (Wildman–Crippen MR) is 128 cm³/mol. The number of halogens is 1. The number of aromatic nitrogens is 1. The number of ether oxygens (including phenoxy) is 1. The smallest absolute Gasteiger partial charge is 0.326 e. The van der Waals surface area contributed by atoms with Crippen molar-refractivity contribution in [1.29, 1.82) is 0 Å². The zero-order valence-electron chi connectivity index (χ0n) is 17.2. The van der Waals surface area contributed by atoms with Crippen molar-refractivity contribution in [2.45, 2.75) is 29.7 Å². The number of nitrogens with zero attached hydrogens (tertiary/aromatic N) is 2. The zero-order valence-corrected chi connectivity index (χ0v) is 20.4. The van der Waals surface area contributed by atoms with E-state index < -0.39 is 23.1 Å². The topological polar surface area (TPSA) is 85.7 Å². The highest BCUT2D eigenvalue weighted by Gasteiger charge is 2.57. The zero-order chi connectivity index (χ0) is 23.3. The first-order valence-corrected chi connectivity index (χ1v) is 13.1. The number of benzene rings is 1. The molecule has 0 unspecified atom stereocenters. The molecule has 0 saturated carbocycles. The number of thiophene rings is 1. The van der Waals surface area contributed by atoms with Crippen LogP contribution < -0.4 is 9.77 Å². The average molecular weight is 521 g/mol. The Morgan fingerprint density at radius 1 is 1.12 bits per heavy atom. The van der Waals surface area contributed by atoms with Crippen molar-refractivity contribution in [2.75, 3.05) is 11.5 Å². The van der Waals surface area contributed by atoms with Crippen LogP contribution in [0.5, 0.6) is 0 Å². The van der Waals surface area contributed by atoms with Crippen molar-refractivity contribution in [3.8, 4) is 0 Å². The van der Waals surface area contributed by atoms with Gasteiger partial charge in [0.2, 0.25) is 11.8 Å². The standard InChI is InChI=1S/C22H17ClN2O5S3/c1-2-30-14(26)10-24-21-18(33-22(24)29)15(13-4-3-9-31-13)16-17(32-21)20(28)25(19(16)27)12-7-5-11(23)6-8-12/h3-9,15-17H,2,10H2,1H3/t15-,16-,17+/m0/s1. The van der Waals surface area contributed by atoms with Crippen molar-refractivity contribution >= 4 is 69.5 Å². The van der Waals surface area contributed by atoms with E-state index >= 15 is 0 Å². The van der Waals surface area contributed by atoms with E-state index in [4.69, 9.17) is 16.3 Å². The van der Waals surface area contributed by atoms with Gasteiger partial charge in [0, 0.05) is 20.7 Å². The van der Waals surface area contributed by atoms with Crippen molar-refractivity contribution in [2.24, 2.45) is 5.92 Å². The van der Waals surface area contributed by atoms with Gasteiger partial charge in [-0.15, -0.1) is 11.3 Å². The second kappa shape index (κ2) is 8.75. The normalized spacial score (nSPS) is 21.8. The Hall–Kier alpha value is -2.40. The molecule has 0 bridgehead atoms. The van der Waals surface area contributed by atoms with Gasteiger partial charge < -0.3 is 4.74 Å². The summed E-state index contributed by atoms with van der Waals surface area (Å²) in [7, 11) is 0. The molecule has 2 aliphatic heterocycles. The summed E-state index contributed by atoms with van der Waals surface area (Å²) in [4.78, 5) is 54.6. The molecule has 3 aromatic rings. The number of hydrogen-bond donors (Lipinski definition) is 0. The van der Waals surface area contributed by atoms with Crippen LogP contribution in [0, 0.1) is 5.92 Å². The van der Waals surface area contributed by atoms with Crippen LogP contribution in [0.4, 0.5) is 5.69 Å². The summed E-state index contributed by atoms with van der Waals surface area (Å²) in [5, 5.41) is 2.25. The Morgan fingerprint density at radius 3 is 2.55 bits per heavy atom. The third-order valence-electron chi connectivity index (χ3n) is 5.58. The number of carbonyl (C=O) groups is 3. The van der Waals surface area contributed by atoms with E-state index in [0.29, 0.717) is 20.6 Å². The highest BCUT2D eigenvalue weighted by molar-refractivity contribution is 8.00. The Bertz CT molecular complexity index is 1300. The molecule has 5 rings (SSSR count). The summed E-state index contributed by atoms with van der Waals surface area (Å²) in [5.74, 6) is -2.26. The van der Waals surface area contributed by atoms with Gasteiger partial charge in [-0.3, -0.25) is 23.7 Å². The molecule has 0 spiro atoms. The first-order chi connectivity index (χ1) is 15.9. The minimum Gasteiger partial charge on any atom is -0.465 e. The van der Waals surface area contributed by atoms with E-state index in [1.54, 1.807) is 31.2 Å². The Labute approximate surface area is 205 Å². The highest BCUT2D eigenvalue weighted by Crippen LogP contribution is 2.54. The van der Waals surface area contributed by atoms with Crippen molar-refractivity contribution < 1.29 is 19.1 Å². The van der Waals surface area contributed by atoms with Gasteiger partial charge in [-0.25, -0.2) is 4.90 Å². The molecular formula is C22H17ClN2O5S3. The molecule has 3 atom stereocenters. The van der Waals surface area contributed by atoms with E-state index in [9.17, 15) is 19.2 Å². The van der Waals surface area contributed by atoms with Gasteiger partial charge >= 0.3 is 10.8 Å². The maximum atomic E-state index is 13.6. The largest absolute Gasteiger partial charge is 0.465 e. The summed E-state index contributed by atoms with van der Waals surface area (Å²) in [6, 6.07) is 10.4. The van der Waals surface area contributed by atoms with E-state index in [2.05, 4.69) is 0 Å². The SMILES string of the molecule is CCOC(=O)Cn1c2c(sc1=O)[C@@H](c1cccs1)[C@@H]1C(=O)N(c3ccc(Cl)cc3)C(=O)[C@@H]1S2. The van der Waals surface area contributed by atoms with Gasteiger partial charge in [-0.1, -0.05) is 40.8 Å². The number of anilines is 1. The number of esters is 1. The van der Waals surface area contributed by atoms with E-state index in [0.717, 1.165) is 16.2 Å². The molecule has 170 valence electrons. The minimum atomic E-state index is -0.713. The molecule has 2 aromatic heterocycles.